The Morgan fingerprint density at radius 2 is 2.06 bits per heavy atom. The fraction of sp³-hybridized carbons (Fsp3) is 0.417. The molecule has 0 saturated heterocycles. The number of ether oxygens (including phenoxy) is 1. The van der Waals surface area contributed by atoms with Gasteiger partial charge in [-0.05, 0) is 24.6 Å². The molecule has 3 nitrogen and oxygen atoms in total. The van der Waals surface area contributed by atoms with Crippen LogP contribution in [0, 0.1) is 0 Å². The van der Waals surface area contributed by atoms with Crippen LogP contribution in [0.25, 0.3) is 0 Å². The van der Waals surface area contributed by atoms with Crippen molar-refractivity contribution in [2.24, 2.45) is 0 Å². The summed E-state index contributed by atoms with van der Waals surface area (Å²) in [6.07, 6.45) is 1.76. The number of rotatable bonds is 6. The predicted octanol–water partition coefficient (Wildman–Crippen LogP) is 3.44. The van der Waals surface area contributed by atoms with Crippen molar-refractivity contribution in [1.82, 2.24) is 0 Å². The molecule has 0 N–H and O–H groups in total. The zero-order valence-electron chi connectivity index (χ0n) is 9.95. The summed E-state index contributed by atoms with van der Waals surface area (Å²) >= 11 is 11.6. The van der Waals surface area contributed by atoms with E-state index >= 15 is 0 Å². The Hall–Kier alpha value is -0.580. The lowest BCUT2D eigenvalue weighted by atomic mass is 10.4. The molecule has 0 amide bonds. The van der Waals surface area contributed by atoms with E-state index in [9.17, 15) is 9.00 Å². The minimum Gasteiger partial charge on any atom is -0.465 e. The Balaban J connectivity index is 2.54. The predicted molar refractivity (Wildman–Crippen MR) is 73.6 cm³/mol. The molecule has 18 heavy (non-hydrogen) atoms. The van der Waals surface area contributed by atoms with Crippen LogP contribution in [0.3, 0.4) is 0 Å². The first-order chi connectivity index (χ1) is 8.54. The van der Waals surface area contributed by atoms with Crippen LogP contribution in [0.1, 0.15) is 19.8 Å². The Kier molecular flexibility index (Phi) is 6.68. The molecule has 0 aliphatic rings. The number of esters is 1. The Morgan fingerprint density at radius 3 is 2.67 bits per heavy atom. The third-order valence-corrected chi connectivity index (χ3v) is 4.18. The highest BCUT2D eigenvalue weighted by Gasteiger charge is 2.12. The van der Waals surface area contributed by atoms with Crippen LogP contribution in [0.4, 0.5) is 0 Å². The molecule has 0 fully saturated rings. The van der Waals surface area contributed by atoms with E-state index in [-0.39, 0.29) is 5.75 Å². The summed E-state index contributed by atoms with van der Waals surface area (Å²) in [7, 11) is -1.46. The van der Waals surface area contributed by atoms with E-state index in [0.717, 1.165) is 12.8 Å². The first-order valence-electron chi connectivity index (χ1n) is 5.53. The molecule has 6 heteroatoms. The van der Waals surface area contributed by atoms with E-state index in [1.54, 1.807) is 12.1 Å². The average molecular weight is 309 g/mol. The molecule has 0 aliphatic heterocycles. The summed E-state index contributed by atoms with van der Waals surface area (Å²) in [6, 6.07) is 4.64. The standard InChI is InChI=1S/C12H14Cl2O3S/c1-2-3-6-17-12(15)8-18(16)9-4-5-10(13)11(14)7-9/h4-5,7H,2-3,6,8H2,1H3. The molecule has 0 spiro atoms. The van der Waals surface area contributed by atoms with Gasteiger partial charge in [-0.15, -0.1) is 0 Å². The summed E-state index contributed by atoms with van der Waals surface area (Å²) in [5.41, 5.74) is 0. The smallest absolute Gasteiger partial charge is 0.318 e. The molecular formula is C12H14Cl2O3S. The van der Waals surface area contributed by atoms with Gasteiger partial charge in [-0.1, -0.05) is 36.5 Å². The van der Waals surface area contributed by atoms with Crippen LogP contribution in [-0.2, 0) is 20.3 Å². The number of halogens is 2. The van der Waals surface area contributed by atoms with Gasteiger partial charge in [-0.2, -0.15) is 0 Å². The third-order valence-electron chi connectivity index (χ3n) is 2.16. The second kappa shape index (κ2) is 7.77. The third kappa shape index (κ3) is 4.96. The molecule has 0 bridgehead atoms. The number of hydrogen-bond donors (Lipinski definition) is 0. The van der Waals surface area contributed by atoms with Crippen LogP contribution in [-0.4, -0.2) is 22.5 Å². The number of hydrogen-bond acceptors (Lipinski definition) is 3. The van der Waals surface area contributed by atoms with Crippen molar-refractivity contribution in [2.75, 3.05) is 12.4 Å². The molecule has 0 radical (unpaired) electrons. The van der Waals surface area contributed by atoms with Gasteiger partial charge in [-0.3, -0.25) is 9.00 Å². The van der Waals surface area contributed by atoms with E-state index in [1.807, 2.05) is 6.92 Å². The van der Waals surface area contributed by atoms with E-state index < -0.39 is 16.8 Å². The number of carbonyl (C=O) groups excluding carboxylic acids is 1. The Labute approximate surface area is 119 Å². The molecular weight excluding hydrogens is 295 g/mol. The van der Waals surface area contributed by atoms with Crippen molar-refractivity contribution in [3.05, 3.63) is 28.2 Å². The van der Waals surface area contributed by atoms with Gasteiger partial charge in [0, 0.05) is 4.90 Å². The molecule has 0 aromatic heterocycles. The largest absolute Gasteiger partial charge is 0.465 e. The Bertz CT molecular complexity index is 449. The minimum atomic E-state index is -1.46. The first-order valence-corrected chi connectivity index (χ1v) is 7.61. The zero-order chi connectivity index (χ0) is 13.5. The van der Waals surface area contributed by atoms with Crippen LogP contribution in [0.5, 0.6) is 0 Å². The lowest BCUT2D eigenvalue weighted by Crippen LogP contribution is -2.14. The molecule has 100 valence electrons. The maximum atomic E-state index is 11.9. The van der Waals surface area contributed by atoms with Crippen molar-refractivity contribution in [2.45, 2.75) is 24.7 Å². The molecule has 1 aromatic rings. The van der Waals surface area contributed by atoms with Crippen LogP contribution in [0.15, 0.2) is 23.1 Å². The summed E-state index contributed by atoms with van der Waals surface area (Å²) < 4.78 is 16.8. The maximum absolute atomic E-state index is 11.9. The minimum absolute atomic E-state index is 0.165. The second-order valence-corrected chi connectivity index (χ2v) is 5.91. The fourth-order valence-electron chi connectivity index (χ4n) is 1.18. The lowest BCUT2D eigenvalue weighted by molar-refractivity contribution is -0.140. The average Bonchev–Trinajstić information content (AvgIpc) is 2.33. The molecule has 0 aliphatic carbocycles. The first kappa shape index (κ1) is 15.5. The highest BCUT2D eigenvalue weighted by molar-refractivity contribution is 7.85. The van der Waals surface area contributed by atoms with Gasteiger partial charge in [0.1, 0.15) is 5.75 Å². The van der Waals surface area contributed by atoms with Crippen molar-refractivity contribution < 1.29 is 13.7 Å². The number of unbranched alkanes of at least 4 members (excludes halogenated alkanes) is 1. The number of carbonyl (C=O) groups is 1. The SMILES string of the molecule is CCCCOC(=O)CS(=O)c1ccc(Cl)c(Cl)c1. The molecule has 0 saturated carbocycles. The van der Waals surface area contributed by atoms with Gasteiger partial charge in [0.05, 0.1) is 27.5 Å². The van der Waals surface area contributed by atoms with Gasteiger partial charge >= 0.3 is 5.97 Å². The van der Waals surface area contributed by atoms with Gasteiger partial charge in [-0.25, -0.2) is 0 Å². The molecule has 1 unspecified atom stereocenters. The molecule has 1 atom stereocenters. The molecule has 1 aromatic carbocycles. The van der Waals surface area contributed by atoms with Crippen molar-refractivity contribution in [3.63, 3.8) is 0 Å². The number of benzene rings is 1. The molecule has 0 heterocycles. The second-order valence-electron chi connectivity index (χ2n) is 3.64. The van der Waals surface area contributed by atoms with Gasteiger partial charge in [0.15, 0.2) is 0 Å². The summed E-state index contributed by atoms with van der Waals surface area (Å²) in [6.45, 7) is 2.37. The van der Waals surface area contributed by atoms with E-state index in [4.69, 9.17) is 27.9 Å². The highest BCUT2D eigenvalue weighted by Crippen LogP contribution is 2.24. The van der Waals surface area contributed by atoms with Crippen LogP contribution in [0.2, 0.25) is 10.0 Å². The highest BCUT2D eigenvalue weighted by atomic mass is 35.5. The van der Waals surface area contributed by atoms with Crippen molar-refractivity contribution in [3.8, 4) is 0 Å². The Morgan fingerprint density at radius 1 is 1.33 bits per heavy atom. The van der Waals surface area contributed by atoms with Gasteiger partial charge in [0.2, 0.25) is 0 Å². The zero-order valence-corrected chi connectivity index (χ0v) is 12.3. The van der Waals surface area contributed by atoms with Crippen LogP contribution >= 0.6 is 23.2 Å². The van der Waals surface area contributed by atoms with Crippen molar-refractivity contribution >= 4 is 40.0 Å². The van der Waals surface area contributed by atoms with E-state index in [1.165, 1.54) is 6.07 Å². The fourth-order valence-corrected chi connectivity index (χ4v) is 2.48. The quantitative estimate of drug-likeness (QED) is 0.597. The topological polar surface area (TPSA) is 43.4 Å². The lowest BCUT2D eigenvalue weighted by Gasteiger charge is -2.05. The summed E-state index contributed by atoms with van der Waals surface area (Å²) in [4.78, 5) is 11.8. The van der Waals surface area contributed by atoms with E-state index in [0.29, 0.717) is 21.5 Å². The van der Waals surface area contributed by atoms with Gasteiger partial charge < -0.3 is 4.74 Å². The van der Waals surface area contributed by atoms with Crippen molar-refractivity contribution in [1.29, 1.82) is 0 Å². The monoisotopic (exact) mass is 308 g/mol. The molecule has 1 rings (SSSR count). The maximum Gasteiger partial charge on any atom is 0.318 e. The summed E-state index contributed by atoms with van der Waals surface area (Å²) in [5.74, 6) is -0.630. The van der Waals surface area contributed by atoms with Gasteiger partial charge in [0.25, 0.3) is 0 Å². The van der Waals surface area contributed by atoms with E-state index in [2.05, 4.69) is 0 Å². The normalized spacial score (nSPS) is 12.2. The summed E-state index contributed by atoms with van der Waals surface area (Å²) in [5, 5.41) is 0.713. The van der Waals surface area contributed by atoms with Crippen LogP contribution < -0.4 is 0 Å².